The van der Waals surface area contributed by atoms with Gasteiger partial charge in [-0.2, -0.15) is 0 Å². The fraction of sp³-hybridized carbons (Fsp3) is 0.235. The molecule has 1 atom stereocenters. The van der Waals surface area contributed by atoms with E-state index < -0.39 is 0 Å². The molecule has 0 saturated heterocycles. The van der Waals surface area contributed by atoms with Gasteiger partial charge in [0.05, 0.1) is 10.6 Å². The highest BCUT2D eigenvalue weighted by Gasteiger charge is 2.28. The van der Waals surface area contributed by atoms with Gasteiger partial charge in [0.15, 0.2) is 6.29 Å². The molecule has 0 radical (unpaired) electrons. The molecular weight excluding hydrogens is 435 g/mol. The van der Waals surface area contributed by atoms with Crippen molar-refractivity contribution in [2.24, 2.45) is 0 Å². The van der Waals surface area contributed by atoms with Crippen LogP contribution in [-0.2, 0) is 4.79 Å². The molecule has 0 spiro atoms. The molecule has 2 heterocycles. The number of carbonyl (C=O) groups is 1. The molecule has 0 aliphatic carbocycles. The predicted molar refractivity (Wildman–Crippen MR) is 107 cm³/mol. The monoisotopic (exact) mass is 452 g/mol. The van der Waals surface area contributed by atoms with Crippen molar-refractivity contribution in [1.82, 2.24) is 14.9 Å². The molecule has 0 saturated carbocycles. The summed E-state index contributed by atoms with van der Waals surface area (Å²) in [6.45, 7) is 4.08. The summed E-state index contributed by atoms with van der Waals surface area (Å²) in [5.74, 6) is 0.547. The van der Waals surface area contributed by atoms with E-state index in [0.29, 0.717) is 5.95 Å². The van der Waals surface area contributed by atoms with Crippen LogP contribution in [0.5, 0.6) is 0 Å². The summed E-state index contributed by atoms with van der Waals surface area (Å²) in [6, 6.07) is 8.02. The van der Waals surface area contributed by atoms with Crippen molar-refractivity contribution < 1.29 is 4.79 Å². The summed E-state index contributed by atoms with van der Waals surface area (Å²) in [4.78, 5) is 23.1. The summed E-state index contributed by atoms with van der Waals surface area (Å²) >= 11 is 3.83. The topological polar surface area (TPSA) is 58.1 Å². The molecule has 5 nitrogen and oxygen atoms in total. The van der Waals surface area contributed by atoms with E-state index in [2.05, 4.69) is 56.9 Å². The van der Waals surface area contributed by atoms with Gasteiger partial charge in [0.1, 0.15) is 5.37 Å². The van der Waals surface area contributed by atoms with Gasteiger partial charge in [-0.3, -0.25) is 0 Å². The second-order valence-electron chi connectivity index (χ2n) is 5.52. The highest BCUT2D eigenvalue weighted by atomic mass is 127. The summed E-state index contributed by atoms with van der Waals surface area (Å²) in [5, 5.41) is 3.06. The highest BCUT2D eigenvalue weighted by Crippen LogP contribution is 2.41. The number of benzene rings is 1. The van der Waals surface area contributed by atoms with Crippen LogP contribution in [0.1, 0.15) is 18.2 Å². The second kappa shape index (κ2) is 7.10. The first-order valence-corrected chi connectivity index (χ1v) is 9.37. The quantitative estimate of drug-likeness (QED) is 0.559. The fourth-order valence-electron chi connectivity index (χ4n) is 2.35. The third-order valence-electron chi connectivity index (χ3n) is 3.91. The minimum Gasteiger partial charge on any atom is -0.359 e. The van der Waals surface area contributed by atoms with E-state index in [9.17, 15) is 4.79 Å². The molecule has 24 heavy (non-hydrogen) atoms. The van der Waals surface area contributed by atoms with E-state index in [0.717, 1.165) is 28.3 Å². The number of carbonyl (C=O) groups excluding carboxylic acids is 1. The van der Waals surface area contributed by atoms with Crippen molar-refractivity contribution in [1.29, 1.82) is 0 Å². The van der Waals surface area contributed by atoms with Crippen LogP contribution in [0.4, 0.5) is 11.6 Å². The number of thioether (sulfide) groups is 1. The predicted octanol–water partition coefficient (Wildman–Crippen LogP) is 4.03. The largest absolute Gasteiger partial charge is 0.359 e. The second-order valence-corrected chi connectivity index (χ2v) is 7.81. The molecule has 1 aromatic heterocycles. The van der Waals surface area contributed by atoms with Crippen LogP contribution in [0.25, 0.3) is 4.91 Å². The Labute approximate surface area is 159 Å². The number of hydrogen-bond donors (Lipinski definition) is 1. The van der Waals surface area contributed by atoms with Crippen molar-refractivity contribution in [3.05, 3.63) is 51.0 Å². The van der Waals surface area contributed by atoms with Crippen molar-refractivity contribution in [2.75, 3.05) is 12.4 Å². The highest BCUT2D eigenvalue weighted by molar-refractivity contribution is 14.1. The SMILES string of the molecule is CC1=C(c2ccnc(Nc3ccc(C)c(I)c3)n2)SC(C=O)N1C. The van der Waals surface area contributed by atoms with E-state index in [1.807, 2.05) is 31.0 Å². The van der Waals surface area contributed by atoms with E-state index >= 15 is 0 Å². The van der Waals surface area contributed by atoms with Crippen molar-refractivity contribution in [3.63, 3.8) is 0 Å². The lowest BCUT2D eigenvalue weighted by atomic mass is 10.2. The Hall–Kier alpha value is -1.61. The number of nitrogens with zero attached hydrogens (tertiary/aromatic N) is 3. The summed E-state index contributed by atoms with van der Waals surface area (Å²) in [7, 11) is 1.92. The van der Waals surface area contributed by atoms with Gasteiger partial charge in [0.25, 0.3) is 0 Å². The molecule has 0 bridgehead atoms. The molecule has 3 rings (SSSR count). The number of anilines is 2. The van der Waals surface area contributed by atoms with E-state index in [-0.39, 0.29) is 5.37 Å². The van der Waals surface area contributed by atoms with E-state index in [1.165, 1.54) is 20.9 Å². The van der Waals surface area contributed by atoms with Crippen LogP contribution >= 0.6 is 34.4 Å². The number of nitrogens with one attached hydrogen (secondary N) is 1. The standard InChI is InChI=1S/C17H17IN4OS/c1-10-4-5-12(8-13(10)18)20-17-19-7-6-14(21-17)16-11(2)22(3)15(9-23)24-16/h4-9,15H,1-3H3,(H,19,20,21). The molecule has 1 aliphatic rings. The third-order valence-corrected chi connectivity index (χ3v) is 6.48. The van der Waals surface area contributed by atoms with Gasteiger partial charge in [-0.05, 0) is 60.2 Å². The Morgan fingerprint density at radius 1 is 1.33 bits per heavy atom. The van der Waals surface area contributed by atoms with Crippen LogP contribution in [-0.4, -0.2) is 33.6 Å². The van der Waals surface area contributed by atoms with Crippen molar-refractivity contribution in [3.8, 4) is 0 Å². The molecule has 124 valence electrons. The fourth-order valence-corrected chi connectivity index (χ4v) is 4.02. The average molecular weight is 452 g/mol. The summed E-state index contributed by atoms with van der Waals surface area (Å²) in [6.07, 6.45) is 2.69. The van der Waals surface area contributed by atoms with E-state index in [4.69, 9.17) is 0 Å². The molecule has 0 fully saturated rings. The number of halogens is 1. The maximum atomic E-state index is 11.2. The first-order valence-electron chi connectivity index (χ1n) is 7.42. The number of aldehydes is 1. The number of aromatic nitrogens is 2. The summed E-state index contributed by atoms with van der Waals surface area (Å²) < 4.78 is 1.19. The normalized spacial score (nSPS) is 17.3. The Kier molecular flexibility index (Phi) is 5.09. The van der Waals surface area contributed by atoms with Gasteiger partial charge in [-0.25, -0.2) is 9.97 Å². The molecule has 7 heteroatoms. The summed E-state index contributed by atoms with van der Waals surface area (Å²) in [5.41, 5.74) is 4.07. The smallest absolute Gasteiger partial charge is 0.227 e. The zero-order chi connectivity index (χ0) is 17.3. The van der Waals surface area contributed by atoms with Crippen LogP contribution in [0.2, 0.25) is 0 Å². The first kappa shape index (κ1) is 17.2. The van der Waals surface area contributed by atoms with Crippen LogP contribution < -0.4 is 5.32 Å². The minimum absolute atomic E-state index is 0.190. The van der Waals surface area contributed by atoms with Gasteiger partial charge in [0, 0.05) is 28.2 Å². The van der Waals surface area contributed by atoms with E-state index in [1.54, 1.807) is 6.20 Å². The Morgan fingerprint density at radius 2 is 2.12 bits per heavy atom. The molecular formula is C17H17IN4OS. The molecule has 1 unspecified atom stereocenters. The molecule has 1 N–H and O–H groups in total. The lowest BCUT2D eigenvalue weighted by molar-refractivity contribution is -0.109. The third kappa shape index (κ3) is 3.41. The first-order chi connectivity index (χ1) is 11.5. The van der Waals surface area contributed by atoms with Gasteiger partial charge in [-0.1, -0.05) is 17.8 Å². The lowest BCUT2D eigenvalue weighted by Gasteiger charge is -2.16. The number of rotatable bonds is 4. The van der Waals surface area contributed by atoms with Crippen LogP contribution in [0, 0.1) is 10.5 Å². The Bertz CT molecular complexity index is 824. The zero-order valence-corrected chi connectivity index (χ0v) is 16.6. The number of allylic oxidation sites excluding steroid dienone is 1. The number of hydrogen-bond acceptors (Lipinski definition) is 6. The molecule has 2 aromatic rings. The minimum atomic E-state index is -0.190. The molecule has 1 aliphatic heterocycles. The van der Waals surface area contributed by atoms with Gasteiger partial charge < -0.3 is 15.0 Å². The van der Waals surface area contributed by atoms with Crippen molar-refractivity contribution in [2.45, 2.75) is 19.2 Å². The zero-order valence-electron chi connectivity index (χ0n) is 13.6. The van der Waals surface area contributed by atoms with Gasteiger partial charge >= 0.3 is 0 Å². The van der Waals surface area contributed by atoms with Crippen LogP contribution in [0.3, 0.4) is 0 Å². The van der Waals surface area contributed by atoms with Gasteiger partial charge in [-0.15, -0.1) is 0 Å². The Balaban J connectivity index is 1.87. The average Bonchev–Trinajstić information content (AvgIpc) is 2.86. The number of aryl methyl sites for hydroxylation is 1. The molecule has 0 amide bonds. The lowest BCUT2D eigenvalue weighted by Crippen LogP contribution is -2.23. The maximum absolute atomic E-state index is 11.2. The van der Waals surface area contributed by atoms with Crippen LogP contribution in [0.15, 0.2) is 36.2 Å². The number of likely N-dealkylation sites (N-methyl/N-ethyl adjacent to an activating group) is 1. The maximum Gasteiger partial charge on any atom is 0.227 e. The molecule has 1 aromatic carbocycles. The van der Waals surface area contributed by atoms with Crippen molar-refractivity contribution >= 4 is 57.2 Å². The van der Waals surface area contributed by atoms with Gasteiger partial charge in [0.2, 0.25) is 5.95 Å². The Morgan fingerprint density at radius 3 is 2.79 bits per heavy atom.